The van der Waals surface area contributed by atoms with E-state index in [4.69, 9.17) is 10.5 Å². The molecule has 1 aliphatic heterocycles. The summed E-state index contributed by atoms with van der Waals surface area (Å²) in [6.45, 7) is 5.31. The molecule has 1 saturated carbocycles. The van der Waals surface area contributed by atoms with Crippen LogP contribution in [0.15, 0.2) is 24.3 Å². The molecule has 2 aliphatic rings. The number of thiophene rings is 1. The summed E-state index contributed by atoms with van der Waals surface area (Å²) in [5.41, 5.74) is 8.92. The Morgan fingerprint density at radius 1 is 1.26 bits per heavy atom. The number of carbonyl (C=O) groups is 3. The Bertz CT molecular complexity index is 1040. The lowest BCUT2D eigenvalue weighted by atomic mass is 9.61. The third kappa shape index (κ3) is 3.97. The zero-order valence-corrected chi connectivity index (χ0v) is 18.6. The molecule has 0 unspecified atom stereocenters. The Hall–Kier alpha value is -2.71. The van der Waals surface area contributed by atoms with E-state index in [1.807, 2.05) is 6.07 Å². The van der Waals surface area contributed by atoms with Crippen molar-refractivity contribution in [1.82, 2.24) is 4.90 Å². The SMILES string of the molecule is CCOC(=O)c1c(NC(=O)CN2Cc3ccccc3C3(CCC3)C2)sc(C(N)=O)c1C. The Kier molecular flexibility index (Phi) is 5.85. The molecule has 0 atom stereocenters. The van der Waals surface area contributed by atoms with Gasteiger partial charge in [-0.2, -0.15) is 0 Å². The van der Waals surface area contributed by atoms with Crippen molar-refractivity contribution in [2.75, 3.05) is 25.0 Å². The predicted octanol–water partition coefficient (Wildman–Crippen LogP) is 3.21. The molecule has 4 rings (SSSR count). The van der Waals surface area contributed by atoms with E-state index in [1.165, 1.54) is 17.5 Å². The van der Waals surface area contributed by atoms with Crippen molar-refractivity contribution in [2.24, 2.45) is 5.73 Å². The van der Waals surface area contributed by atoms with Gasteiger partial charge < -0.3 is 15.8 Å². The molecule has 31 heavy (non-hydrogen) atoms. The van der Waals surface area contributed by atoms with E-state index in [2.05, 4.69) is 28.4 Å². The first-order chi connectivity index (χ1) is 14.8. The van der Waals surface area contributed by atoms with Crippen LogP contribution in [0.2, 0.25) is 0 Å². The first-order valence-corrected chi connectivity index (χ1v) is 11.4. The maximum atomic E-state index is 12.9. The van der Waals surface area contributed by atoms with Crippen LogP contribution >= 0.6 is 11.3 Å². The van der Waals surface area contributed by atoms with Gasteiger partial charge in [-0.15, -0.1) is 11.3 Å². The Balaban J connectivity index is 1.53. The van der Waals surface area contributed by atoms with Crippen LogP contribution in [-0.4, -0.2) is 42.4 Å². The summed E-state index contributed by atoms with van der Waals surface area (Å²) in [6.07, 6.45) is 3.49. The smallest absolute Gasteiger partial charge is 0.341 e. The second-order valence-corrected chi connectivity index (χ2v) is 9.35. The van der Waals surface area contributed by atoms with Crippen LogP contribution in [0.1, 0.15) is 62.9 Å². The molecule has 2 amide bonds. The van der Waals surface area contributed by atoms with Gasteiger partial charge >= 0.3 is 5.97 Å². The van der Waals surface area contributed by atoms with Gasteiger partial charge in [0.1, 0.15) is 5.00 Å². The fourth-order valence-electron chi connectivity index (χ4n) is 4.78. The molecular formula is C23H27N3O4S. The average molecular weight is 442 g/mol. The minimum Gasteiger partial charge on any atom is -0.462 e. The van der Waals surface area contributed by atoms with E-state index in [1.54, 1.807) is 13.8 Å². The summed E-state index contributed by atoms with van der Waals surface area (Å²) in [7, 11) is 0. The van der Waals surface area contributed by atoms with Crippen LogP contribution in [-0.2, 0) is 21.5 Å². The monoisotopic (exact) mass is 441 g/mol. The average Bonchev–Trinajstić information content (AvgIpc) is 3.02. The number of nitrogens with two attached hydrogens (primary N) is 1. The van der Waals surface area contributed by atoms with E-state index < -0.39 is 11.9 Å². The minimum atomic E-state index is -0.631. The first kappa shape index (κ1) is 21.5. The number of hydrogen-bond acceptors (Lipinski definition) is 6. The van der Waals surface area contributed by atoms with Gasteiger partial charge in [-0.1, -0.05) is 30.7 Å². The van der Waals surface area contributed by atoms with Crippen molar-refractivity contribution in [3.63, 3.8) is 0 Å². The summed E-state index contributed by atoms with van der Waals surface area (Å²) < 4.78 is 5.12. The molecule has 0 radical (unpaired) electrons. The van der Waals surface area contributed by atoms with Crippen LogP contribution in [0.25, 0.3) is 0 Å². The molecule has 1 aliphatic carbocycles. The number of amides is 2. The van der Waals surface area contributed by atoms with Gasteiger partial charge in [0, 0.05) is 18.5 Å². The van der Waals surface area contributed by atoms with Crippen molar-refractivity contribution < 1.29 is 19.1 Å². The summed E-state index contributed by atoms with van der Waals surface area (Å²) in [5.74, 6) is -1.43. The van der Waals surface area contributed by atoms with Crippen molar-refractivity contribution >= 4 is 34.1 Å². The van der Waals surface area contributed by atoms with E-state index in [0.717, 1.165) is 30.7 Å². The maximum Gasteiger partial charge on any atom is 0.341 e. The van der Waals surface area contributed by atoms with Crippen LogP contribution in [0.3, 0.4) is 0 Å². The number of benzene rings is 1. The molecule has 2 aromatic rings. The first-order valence-electron chi connectivity index (χ1n) is 10.6. The van der Waals surface area contributed by atoms with Gasteiger partial charge in [0.05, 0.1) is 23.6 Å². The molecule has 164 valence electrons. The van der Waals surface area contributed by atoms with Gasteiger partial charge in [-0.05, 0) is 43.4 Å². The molecule has 1 spiro atoms. The highest BCUT2D eigenvalue weighted by molar-refractivity contribution is 7.18. The largest absolute Gasteiger partial charge is 0.462 e. The van der Waals surface area contributed by atoms with Gasteiger partial charge in [0.2, 0.25) is 5.91 Å². The fraction of sp³-hybridized carbons (Fsp3) is 0.435. The zero-order chi connectivity index (χ0) is 22.2. The number of anilines is 1. The van der Waals surface area contributed by atoms with Crippen molar-refractivity contribution in [1.29, 1.82) is 0 Å². The fourth-order valence-corrected chi connectivity index (χ4v) is 5.85. The molecule has 1 aromatic heterocycles. The molecular weight excluding hydrogens is 414 g/mol. The third-order valence-corrected chi connectivity index (χ3v) is 7.51. The molecule has 1 fully saturated rings. The number of fused-ring (bicyclic) bond motifs is 2. The van der Waals surface area contributed by atoms with Crippen molar-refractivity contribution in [2.45, 2.75) is 45.1 Å². The molecule has 0 bridgehead atoms. The van der Waals surface area contributed by atoms with E-state index in [9.17, 15) is 14.4 Å². The number of ether oxygens (including phenoxy) is 1. The topological polar surface area (TPSA) is 102 Å². The van der Waals surface area contributed by atoms with Gasteiger partial charge in [-0.3, -0.25) is 14.5 Å². The normalized spacial score (nSPS) is 17.0. The highest BCUT2D eigenvalue weighted by Gasteiger charge is 2.44. The molecule has 3 N–H and O–H groups in total. The number of hydrogen-bond donors (Lipinski definition) is 2. The number of carbonyl (C=O) groups excluding carboxylic acids is 3. The minimum absolute atomic E-state index is 0.143. The van der Waals surface area contributed by atoms with Crippen LogP contribution in [0.5, 0.6) is 0 Å². The summed E-state index contributed by atoms with van der Waals surface area (Å²) >= 11 is 1.02. The Labute approximate surface area is 185 Å². The van der Waals surface area contributed by atoms with Gasteiger partial charge in [-0.25, -0.2) is 4.79 Å². The molecule has 7 nitrogen and oxygen atoms in total. The maximum absolute atomic E-state index is 12.9. The van der Waals surface area contributed by atoms with Gasteiger partial charge in [0.25, 0.3) is 5.91 Å². The number of nitrogens with one attached hydrogen (secondary N) is 1. The lowest BCUT2D eigenvalue weighted by Crippen LogP contribution is -2.51. The second-order valence-electron chi connectivity index (χ2n) is 8.33. The molecule has 1 aromatic carbocycles. The van der Waals surface area contributed by atoms with Crippen LogP contribution < -0.4 is 11.1 Å². The Morgan fingerprint density at radius 3 is 2.65 bits per heavy atom. The Morgan fingerprint density at radius 2 is 2.00 bits per heavy atom. The second kappa shape index (κ2) is 8.43. The number of nitrogens with zero attached hydrogens (tertiary/aromatic N) is 1. The number of rotatable bonds is 6. The van der Waals surface area contributed by atoms with E-state index >= 15 is 0 Å². The summed E-state index contributed by atoms with van der Waals surface area (Å²) in [4.78, 5) is 39.5. The molecule has 2 heterocycles. The van der Waals surface area contributed by atoms with Crippen LogP contribution in [0.4, 0.5) is 5.00 Å². The molecule has 8 heteroatoms. The lowest BCUT2D eigenvalue weighted by Gasteiger charge is -2.50. The van der Waals surface area contributed by atoms with Crippen molar-refractivity contribution in [3.05, 3.63) is 51.4 Å². The molecule has 0 saturated heterocycles. The number of esters is 1. The quantitative estimate of drug-likeness (QED) is 0.671. The number of primary amides is 1. The van der Waals surface area contributed by atoms with Crippen molar-refractivity contribution in [3.8, 4) is 0 Å². The third-order valence-electron chi connectivity index (χ3n) is 6.29. The zero-order valence-electron chi connectivity index (χ0n) is 17.8. The predicted molar refractivity (Wildman–Crippen MR) is 119 cm³/mol. The van der Waals surface area contributed by atoms with E-state index in [-0.39, 0.29) is 34.9 Å². The highest BCUT2D eigenvalue weighted by atomic mass is 32.1. The summed E-state index contributed by atoms with van der Waals surface area (Å²) in [5, 5.41) is 3.14. The summed E-state index contributed by atoms with van der Waals surface area (Å²) in [6, 6.07) is 8.49. The van der Waals surface area contributed by atoms with Crippen LogP contribution in [0, 0.1) is 6.92 Å². The van der Waals surface area contributed by atoms with E-state index in [0.29, 0.717) is 17.1 Å². The highest BCUT2D eigenvalue weighted by Crippen LogP contribution is 2.48. The lowest BCUT2D eigenvalue weighted by molar-refractivity contribution is -0.117. The standard InChI is InChI=1S/C23H27N3O4S/c1-3-30-22(29)18-14(2)19(20(24)28)31-21(18)25-17(27)12-26-11-15-7-4-5-8-16(15)23(13-26)9-6-10-23/h4-5,7-8H,3,6,9-13H2,1-2H3,(H2,24,28)(H,25,27). The van der Waals surface area contributed by atoms with Gasteiger partial charge in [0.15, 0.2) is 0 Å².